The highest BCUT2D eigenvalue weighted by molar-refractivity contribution is 5.83. The summed E-state index contributed by atoms with van der Waals surface area (Å²) in [6, 6.07) is -0.318. The number of hydrogen-bond donors (Lipinski definition) is 3. The van der Waals surface area contributed by atoms with Gasteiger partial charge in [0.05, 0.1) is 6.04 Å². The monoisotopic (exact) mass is 187 g/mol. The van der Waals surface area contributed by atoms with E-state index in [1.54, 1.807) is 0 Å². The number of carbonyl (C=O) groups is 1. The van der Waals surface area contributed by atoms with Crippen molar-refractivity contribution in [3.8, 4) is 0 Å². The van der Waals surface area contributed by atoms with Gasteiger partial charge in [0.15, 0.2) is 5.78 Å². The molecule has 0 aliphatic carbocycles. The summed E-state index contributed by atoms with van der Waals surface area (Å²) < 4.78 is 0. The summed E-state index contributed by atoms with van der Waals surface area (Å²) >= 11 is 0. The van der Waals surface area contributed by atoms with Gasteiger partial charge in [0.25, 0.3) is 0 Å². The van der Waals surface area contributed by atoms with E-state index in [1.165, 1.54) is 0 Å². The number of rotatable bonds is 8. The summed E-state index contributed by atoms with van der Waals surface area (Å²) in [6.45, 7) is 1.11. The zero-order chi connectivity index (χ0) is 10.1. The van der Waals surface area contributed by atoms with Crippen LogP contribution in [0.5, 0.6) is 0 Å². The Morgan fingerprint density at radius 2 is 1.77 bits per heavy atom. The molecule has 0 aromatic rings. The molecular formula is C9H21N3O. The normalized spacial score (nSPS) is 12.8. The number of nitrogens with two attached hydrogens (primary N) is 3. The molecule has 0 heterocycles. The second-order valence-corrected chi connectivity index (χ2v) is 3.25. The van der Waals surface area contributed by atoms with Crippen molar-refractivity contribution in [1.29, 1.82) is 0 Å². The third-order valence-corrected chi connectivity index (χ3v) is 2.02. The molecular weight excluding hydrogens is 166 g/mol. The quantitative estimate of drug-likeness (QED) is 0.457. The van der Waals surface area contributed by atoms with Crippen molar-refractivity contribution >= 4 is 5.78 Å². The minimum Gasteiger partial charge on any atom is -0.330 e. The fourth-order valence-electron chi connectivity index (χ4n) is 1.17. The summed E-state index contributed by atoms with van der Waals surface area (Å²) in [5.41, 5.74) is 16.2. The molecule has 6 N–H and O–H groups in total. The second kappa shape index (κ2) is 8.16. The Labute approximate surface area is 79.8 Å². The van der Waals surface area contributed by atoms with Gasteiger partial charge in [0.1, 0.15) is 0 Å². The first-order valence-electron chi connectivity index (χ1n) is 4.90. The van der Waals surface area contributed by atoms with Crippen molar-refractivity contribution in [3.05, 3.63) is 0 Å². The van der Waals surface area contributed by atoms with Crippen LogP contribution >= 0.6 is 0 Å². The van der Waals surface area contributed by atoms with Crippen LogP contribution in [0.15, 0.2) is 0 Å². The largest absolute Gasteiger partial charge is 0.330 e. The van der Waals surface area contributed by atoms with E-state index in [1.807, 2.05) is 0 Å². The molecule has 0 spiro atoms. The van der Waals surface area contributed by atoms with Gasteiger partial charge < -0.3 is 17.2 Å². The molecule has 0 saturated heterocycles. The maximum atomic E-state index is 11.2. The van der Waals surface area contributed by atoms with Crippen LogP contribution in [0.25, 0.3) is 0 Å². The molecule has 0 saturated carbocycles. The van der Waals surface area contributed by atoms with Gasteiger partial charge in [-0.2, -0.15) is 0 Å². The number of ketones is 1. The van der Waals surface area contributed by atoms with Crippen molar-refractivity contribution in [2.75, 3.05) is 13.1 Å². The molecule has 1 unspecified atom stereocenters. The van der Waals surface area contributed by atoms with E-state index in [-0.39, 0.29) is 11.8 Å². The van der Waals surface area contributed by atoms with E-state index in [0.29, 0.717) is 19.5 Å². The van der Waals surface area contributed by atoms with E-state index < -0.39 is 0 Å². The van der Waals surface area contributed by atoms with Gasteiger partial charge in [0, 0.05) is 6.42 Å². The Morgan fingerprint density at radius 1 is 1.08 bits per heavy atom. The van der Waals surface area contributed by atoms with Crippen LogP contribution in [0.2, 0.25) is 0 Å². The van der Waals surface area contributed by atoms with Crippen molar-refractivity contribution < 1.29 is 4.79 Å². The lowest BCUT2D eigenvalue weighted by atomic mass is 10.0. The molecule has 0 bridgehead atoms. The van der Waals surface area contributed by atoms with E-state index >= 15 is 0 Å². The molecule has 0 radical (unpaired) electrons. The molecule has 0 aliphatic rings. The minimum absolute atomic E-state index is 0.0789. The fraction of sp³-hybridized carbons (Fsp3) is 0.889. The lowest BCUT2D eigenvalue weighted by molar-refractivity contribution is -0.120. The maximum Gasteiger partial charge on any atom is 0.150 e. The number of hydrogen-bond acceptors (Lipinski definition) is 4. The summed E-state index contributed by atoms with van der Waals surface area (Å²) in [6.07, 6.45) is 4.21. The van der Waals surface area contributed by atoms with E-state index in [9.17, 15) is 4.79 Å². The molecule has 4 heteroatoms. The van der Waals surface area contributed by atoms with Crippen molar-refractivity contribution in [3.63, 3.8) is 0 Å². The first kappa shape index (κ1) is 12.6. The smallest absolute Gasteiger partial charge is 0.150 e. The van der Waals surface area contributed by atoms with Crippen LogP contribution in [-0.2, 0) is 4.79 Å². The molecule has 0 aromatic carbocycles. The van der Waals surface area contributed by atoms with Crippen LogP contribution in [0.4, 0.5) is 0 Å². The fourth-order valence-corrected chi connectivity index (χ4v) is 1.17. The first-order valence-corrected chi connectivity index (χ1v) is 4.90. The lowest BCUT2D eigenvalue weighted by Crippen LogP contribution is -2.31. The highest BCUT2D eigenvalue weighted by Gasteiger charge is 2.11. The van der Waals surface area contributed by atoms with Crippen LogP contribution in [0.3, 0.4) is 0 Å². The molecule has 1 atom stereocenters. The Bertz CT molecular complexity index is 139. The average Bonchev–Trinajstić information content (AvgIpc) is 2.12. The van der Waals surface area contributed by atoms with Crippen molar-refractivity contribution in [2.45, 2.75) is 38.1 Å². The van der Waals surface area contributed by atoms with Gasteiger partial charge in [-0.15, -0.1) is 0 Å². The zero-order valence-electron chi connectivity index (χ0n) is 8.17. The second-order valence-electron chi connectivity index (χ2n) is 3.25. The first-order chi connectivity index (χ1) is 6.22. The molecule has 0 amide bonds. The highest BCUT2D eigenvalue weighted by Crippen LogP contribution is 2.03. The zero-order valence-corrected chi connectivity index (χ0v) is 8.17. The predicted molar refractivity (Wildman–Crippen MR) is 54.2 cm³/mol. The Balaban J connectivity index is 3.38. The molecule has 0 aromatic heterocycles. The van der Waals surface area contributed by atoms with Crippen LogP contribution < -0.4 is 17.2 Å². The topological polar surface area (TPSA) is 95.1 Å². The van der Waals surface area contributed by atoms with Crippen molar-refractivity contribution in [2.24, 2.45) is 17.2 Å². The van der Waals surface area contributed by atoms with Crippen molar-refractivity contribution in [1.82, 2.24) is 0 Å². The SMILES string of the molecule is NCCCCCC(N)C(=O)CCN. The van der Waals surface area contributed by atoms with E-state index in [4.69, 9.17) is 17.2 Å². The number of carbonyl (C=O) groups excluding carboxylic acids is 1. The van der Waals surface area contributed by atoms with Gasteiger partial charge in [0.2, 0.25) is 0 Å². The third-order valence-electron chi connectivity index (χ3n) is 2.02. The Morgan fingerprint density at radius 3 is 2.31 bits per heavy atom. The van der Waals surface area contributed by atoms with Crippen LogP contribution in [0, 0.1) is 0 Å². The Hall–Kier alpha value is -0.450. The average molecular weight is 187 g/mol. The molecule has 13 heavy (non-hydrogen) atoms. The van der Waals surface area contributed by atoms with E-state index in [0.717, 1.165) is 25.7 Å². The minimum atomic E-state index is -0.318. The molecule has 0 fully saturated rings. The predicted octanol–water partition coefficient (Wildman–Crippen LogP) is -0.249. The molecule has 4 nitrogen and oxygen atoms in total. The van der Waals surface area contributed by atoms with Gasteiger partial charge in [-0.25, -0.2) is 0 Å². The van der Waals surface area contributed by atoms with Gasteiger partial charge in [-0.1, -0.05) is 12.8 Å². The molecule has 78 valence electrons. The van der Waals surface area contributed by atoms with Crippen LogP contribution in [0.1, 0.15) is 32.1 Å². The number of Topliss-reactive ketones (excluding diaryl/α,β-unsaturated/α-hetero) is 1. The maximum absolute atomic E-state index is 11.2. The summed E-state index contributed by atoms with van der Waals surface area (Å²) in [4.78, 5) is 11.2. The summed E-state index contributed by atoms with van der Waals surface area (Å²) in [5, 5.41) is 0. The van der Waals surface area contributed by atoms with Gasteiger partial charge in [-0.3, -0.25) is 4.79 Å². The third kappa shape index (κ3) is 6.69. The van der Waals surface area contributed by atoms with Gasteiger partial charge >= 0.3 is 0 Å². The number of unbranched alkanes of at least 4 members (excludes halogenated alkanes) is 2. The summed E-state index contributed by atoms with van der Waals surface area (Å²) in [7, 11) is 0. The van der Waals surface area contributed by atoms with Crippen LogP contribution in [-0.4, -0.2) is 24.9 Å². The standard InChI is InChI=1S/C9H21N3O/c10-6-3-1-2-4-8(12)9(13)5-7-11/h8H,1-7,10-12H2. The van der Waals surface area contributed by atoms with Gasteiger partial charge in [-0.05, 0) is 25.9 Å². The molecule has 0 rings (SSSR count). The molecule has 0 aliphatic heterocycles. The highest BCUT2D eigenvalue weighted by atomic mass is 16.1. The Kier molecular flexibility index (Phi) is 7.88. The lowest BCUT2D eigenvalue weighted by Gasteiger charge is -2.08. The van der Waals surface area contributed by atoms with E-state index in [2.05, 4.69) is 0 Å². The summed E-state index contributed by atoms with van der Waals surface area (Å²) in [5.74, 6) is 0.0789.